The van der Waals surface area contributed by atoms with Crippen molar-refractivity contribution in [3.8, 4) is 0 Å². The Morgan fingerprint density at radius 1 is 1.08 bits per heavy atom. The van der Waals surface area contributed by atoms with E-state index in [1.54, 1.807) is 0 Å². The monoisotopic (exact) mass is 357 g/mol. The highest BCUT2D eigenvalue weighted by Crippen LogP contribution is 2.49. The number of carbonyl (C=O) groups is 2. The van der Waals surface area contributed by atoms with Crippen LogP contribution >= 0.6 is 0 Å². The summed E-state index contributed by atoms with van der Waals surface area (Å²) in [5.41, 5.74) is 1.76. The fourth-order valence-electron chi connectivity index (χ4n) is 4.82. The van der Waals surface area contributed by atoms with Gasteiger partial charge in [0, 0.05) is 30.5 Å². The first-order valence-corrected chi connectivity index (χ1v) is 9.98. The molecule has 2 amide bonds. The molecular formula is C21H31N3O2. The fraction of sp³-hybridized carbons (Fsp3) is 0.619. The second kappa shape index (κ2) is 8.11. The molecule has 2 N–H and O–H groups in total. The Labute approximate surface area is 156 Å². The smallest absolute Gasteiger partial charge is 0.313 e. The number of nitrogens with one attached hydrogen (secondary N) is 2. The van der Waals surface area contributed by atoms with Crippen molar-refractivity contribution >= 4 is 23.2 Å². The van der Waals surface area contributed by atoms with Gasteiger partial charge in [-0.15, -0.1) is 0 Å². The number of carbonyl (C=O) groups excluding carboxylic acids is 2. The van der Waals surface area contributed by atoms with Crippen molar-refractivity contribution in [2.75, 3.05) is 23.3 Å². The SMILES string of the molecule is CCN(CC)c1ccc(NC(=O)C(=O)NC(C)C2CC3CCC2C3)cc1. The summed E-state index contributed by atoms with van der Waals surface area (Å²) < 4.78 is 0. The van der Waals surface area contributed by atoms with Crippen LogP contribution in [0.1, 0.15) is 46.5 Å². The van der Waals surface area contributed by atoms with E-state index >= 15 is 0 Å². The third kappa shape index (κ3) is 4.02. The quantitative estimate of drug-likeness (QED) is 0.767. The van der Waals surface area contributed by atoms with Gasteiger partial charge in [-0.25, -0.2) is 0 Å². The minimum Gasteiger partial charge on any atom is -0.372 e. The van der Waals surface area contributed by atoms with Gasteiger partial charge in [0.2, 0.25) is 0 Å². The van der Waals surface area contributed by atoms with E-state index in [0.29, 0.717) is 11.6 Å². The molecule has 2 bridgehead atoms. The van der Waals surface area contributed by atoms with Crippen LogP contribution in [0.25, 0.3) is 0 Å². The molecule has 26 heavy (non-hydrogen) atoms. The summed E-state index contributed by atoms with van der Waals surface area (Å²) >= 11 is 0. The second-order valence-corrected chi connectivity index (χ2v) is 7.77. The molecule has 2 fully saturated rings. The van der Waals surface area contributed by atoms with Crippen LogP contribution in [0.15, 0.2) is 24.3 Å². The highest BCUT2D eigenvalue weighted by atomic mass is 16.2. The summed E-state index contributed by atoms with van der Waals surface area (Å²) in [6, 6.07) is 7.70. The lowest BCUT2D eigenvalue weighted by atomic mass is 9.84. The number of amides is 2. The molecule has 1 aromatic rings. The van der Waals surface area contributed by atoms with Gasteiger partial charge in [-0.05, 0) is 82.1 Å². The maximum Gasteiger partial charge on any atom is 0.313 e. The molecule has 0 heterocycles. The second-order valence-electron chi connectivity index (χ2n) is 7.77. The zero-order valence-electron chi connectivity index (χ0n) is 16.1. The van der Waals surface area contributed by atoms with Gasteiger partial charge in [-0.2, -0.15) is 0 Å². The molecule has 142 valence electrons. The van der Waals surface area contributed by atoms with Crippen LogP contribution < -0.4 is 15.5 Å². The number of benzene rings is 1. The average molecular weight is 357 g/mol. The molecule has 0 spiro atoms. The van der Waals surface area contributed by atoms with Crippen molar-refractivity contribution in [3.63, 3.8) is 0 Å². The van der Waals surface area contributed by atoms with Gasteiger partial charge in [0.05, 0.1) is 0 Å². The molecule has 0 saturated heterocycles. The van der Waals surface area contributed by atoms with Gasteiger partial charge in [0.25, 0.3) is 0 Å². The van der Waals surface area contributed by atoms with Gasteiger partial charge in [0.15, 0.2) is 0 Å². The lowest BCUT2D eigenvalue weighted by molar-refractivity contribution is -0.136. The van der Waals surface area contributed by atoms with Crippen LogP contribution in [-0.4, -0.2) is 30.9 Å². The van der Waals surface area contributed by atoms with Crippen LogP contribution in [-0.2, 0) is 9.59 Å². The Bertz CT molecular complexity index is 639. The molecule has 0 aliphatic heterocycles. The molecule has 2 aliphatic rings. The predicted molar refractivity (Wildman–Crippen MR) is 105 cm³/mol. The number of hydrogen-bond donors (Lipinski definition) is 2. The first-order valence-electron chi connectivity index (χ1n) is 9.98. The number of nitrogens with zero attached hydrogens (tertiary/aromatic N) is 1. The van der Waals surface area contributed by atoms with Crippen molar-refractivity contribution in [2.45, 2.75) is 52.5 Å². The van der Waals surface area contributed by atoms with Gasteiger partial charge in [-0.3, -0.25) is 9.59 Å². The number of fused-ring (bicyclic) bond motifs is 2. The Morgan fingerprint density at radius 3 is 2.31 bits per heavy atom. The third-order valence-electron chi connectivity index (χ3n) is 6.25. The minimum absolute atomic E-state index is 0.0635. The van der Waals surface area contributed by atoms with E-state index in [-0.39, 0.29) is 6.04 Å². The minimum atomic E-state index is -0.587. The molecular weight excluding hydrogens is 326 g/mol. The number of anilines is 2. The predicted octanol–water partition coefficient (Wildman–Crippen LogP) is 3.41. The van der Waals surface area contributed by atoms with Crippen molar-refractivity contribution < 1.29 is 9.59 Å². The van der Waals surface area contributed by atoms with Crippen LogP contribution in [0.5, 0.6) is 0 Å². The van der Waals surface area contributed by atoms with Crippen LogP contribution in [0.3, 0.4) is 0 Å². The molecule has 0 radical (unpaired) electrons. The standard InChI is InChI=1S/C21H31N3O2/c1-4-24(5-2)18-10-8-17(9-11-18)23-21(26)20(25)22-14(3)19-13-15-6-7-16(19)12-15/h8-11,14-16,19H,4-7,12-13H2,1-3H3,(H,22,25)(H,23,26). The highest BCUT2D eigenvalue weighted by Gasteiger charge is 2.42. The number of rotatable bonds is 6. The third-order valence-corrected chi connectivity index (χ3v) is 6.25. The number of hydrogen-bond acceptors (Lipinski definition) is 3. The van der Waals surface area contributed by atoms with E-state index in [2.05, 4.69) is 29.4 Å². The van der Waals surface area contributed by atoms with Gasteiger partial charge in [0.1, 0.15) is 0 Å². The topological polar surface area (TPSA) is 61.4 Å². The molecule has 5 heteroatoms. The molecule has 4 atom stereocenters. The summed E-state index contributed by atoms with van der Waals surface area (Å²) in [6.07, 6.45) is 5.11. The van der Waals surface area contributed by atoms with Crippen LogP contribution in [0, 0.1) is 17.8 Å². The van der Waals surface area contributed by atoms with Gasteiger partial charge in [-0.1, -0.05) is 6.42 Å². The zero-order chi connectivity index (χ0) is 18.7. The first kappa shape index (κ1) is 18.7. The Balaban J connectivity index is 1.51. The normalized spacial score (nSPS) is 25.0. The van der Waals surface area contributed by atoms with Gasteiger partial charge < -0.3 is 15.5 Å². The highest BCUT2D eigenvalue weighted by molar-refractivity contribution is 6.39. The molecule has 1 aromatic carbocycles. The van der Waals surface area contributed by atoms with Crippen LogP contribution in [0.2, 0.25) is 0 Å². The largest absolute Gasteiger partial charge is 0.372 e. The zero-order valence-corrected chi connectivity index (χ0v) is 16.1. The van der Waals surface area contributed by atoms with E-state index in [4.69, 9.17) is 0 Å². The molecule has 5 nitrogen and oxygen atoms in total. The first-order chi connectivity index (χ1) is 12.5. The van der Waals surface area contributed by atoms with Gasteiger partial charge >= 0.3 is 11.8 Å². The van der Waals surface area contributed by atoms with Crippen molar-refractivity contribution in [1.29, 1.82) is 0 Å². The molecule has 2 aliphatic carbocycles. The summed E-state index contributed by atoms with van der Waals surface area (Å²) in [5, 5.41) is 5.62. The maximum atomic E-state index is 12.3. The van der Waals surface area contributed by atoms with Crippen molar-refractivity contribution in [3.05, 3.63) is 24.3 Å². The van der Waals surface area contributed by atoms with E-state index in [1.807, 2.05) is 31.2 Å². The lowest BCUT2D eigenvalue weighted by Crippen LogP contribution is -2.45. The van der Waals surface area contributed by atoms with Crippen molar-refractivity contribution in [1.82, 2.24) is 5.32 Å². The summed E-state index contributed by atoms with van der Waals surface area (Å²) in [7, 11) is 0. The maximum absolute atomic E-state index is 12.3. The van der Waals surface area contributed by atoms with E-state index < -0.39 is 11.8 Å². The van der Waals surface area contributed by atoms with E-state index in [0.717, 1.165) is 30.6 Å². The van der Waals surface area contributed by atoms with E-state index in [9.17, 15) is 9.59 Å². The molecule has 3 rings (SSSR count). The lowest BCUT2D eigenvalue weighted by Gasteiger charge is -2.28. The average Bonchev–Trinajstić information content (AvgIpc) is 3.27. The van der Waals surface area contributed by atoms with Crippen LogP contribution in [0.4, 0.5) is 11.4 Å². The fourth-order valence-corrected chi connectivity index (χ4v) is 4.82. The summed E-state index contributed by atoms with van der Waals surface area (Å²) in [6.45, 7) is 8.13. The Kier molecular flexibility index (Phi) is 5.84. The Hall–Kier alpha value is -2.04. The molecule has 0 aromatic heterocycles. The van der Waals surface area contributed by atoms with Crippen molar-refractivity contribution in [2.24, 2.45) is 17.8 Å². The summed E-state index contributed by atoms with van der Waals surface area (Å²) in [5.74, 6) is 0.969. The van der Waals surface area contributed by atoms with E-state index in [1.165, 1.54) is 25.7 Å². The Morgan fingerprint density at radius 2 is 1.77 bits per heavy atom. The summed E-state index contributed by atoms with van der Waals surface area (Å²) in [4.78, 5) is 26.7. The molecule has 4 unspecified atom stereocenters. The molecule has 2 saturated carbocycles.